The molecule has 0 amide bonds. The highest BCUT2D eigenvalue weighted by Crippen LogP contribution is 2.15. The summed E-state index contributed by atoms with van der Waals surface area (Å²) in [6.07, 6.45) is 0. The van der Waals surface area contributed by atoms with Gasteiger partial charge in [-0.2, -0.15) is 5.26 Å². The van der Waals surface area contributed by atoms with E-state index < -0.39 is 11.6 Å². The van der Waals surface area contributed by atoms with Gasteiger partial charge in [-0.1, -0.05) is 12.1 Å². The molecule has 2 rings (SSSR count). The molecule has 0 saturated carbocycles. The Hall–Kier alpha value is -2.94. The van der Waals surface area contributed by atoms with Crippen LogP contribution >= 0.6 is 0 Å². The number of anilines is 2. The number of hydrogen-bond acceptors (Lipinski definition) is 4. The zero-order valence-corrected chi connectivity index (χ0v) is 11.2. The van der Waals surface area contributed by atoms with Crippen molar-refractivity contribution in [2.24, 2.45) is 0 Å². The monoisotopic (exact) mass is 289 g/mol. The number of carbonyl (C=O) groups is 1. The van der Waals surface area contributed by atoms with Crippen LogP contribution in [0.5, 0.6) is 0 Å². The smallest absolute Gasteiger partial charge is 0.164 e. The van der Waals surface area contributed by atoms with Gasteiger partial charge in [0, 0.05) is 5.69 Å². The van der Waals surface area contributed by atoms with Crippen molar-refractivity contribution in [3.05, 3.63) is 59.2 Å². The lowest BCUT2D eigenvalue weighted by Crippen LogP contribution is -2.02. The number of nitrogens with two attached hydrogens (primary N) is 2. The zero-order valence-electron chi connectivity index (χ0n) is 11.2. The second-order valence-electron chi connectivity index (χ2n) is 4.08. The van der Waals surface area contributed by atoms with Gasteiger partial charge in [-0.25, -0.2) is 8.78 Å². The summed E-state index contributed by atoms with van der Waals surface area (Å²) in [7, 11) is 0. The van der Waals surface area contributed by atoms with Gasteiger partial charge in [0.25, 0.3) is 0 Å². The van der Waals surface area contributed by atoms with Gasteiger partial charge >= 0.3 is 0 Å². The summed E-state index contributed by atoms with van der Waals surface area (Å²) in [6.45, 7) is 1.29. The van der Waals surface area contributed by atoms with Gasteiger partial charge in [0.15, 0.2) is 5.78 Å². The third kappa shape index (κ3) is 4.01. The fraction of sp³-hybridized carbons (Fsp3) is 0.0667. The van der Waals surface area contributed by atoms with E-state index in [1.54, 1.807) is 6.07 Å². The second-order valence-corrected chi connectivity index (χ2v) is 4.08. The van der Waals surface area contributed by atoms with Gasteiger partial charge in [0.1, 0.15) is 23.3 Å². The maximum atomic E-state index is 12.8. The molecule has 0 bridgehead atoms. The molecule has 108 valence electrons. The average molecular weight is 289 g/mol. The fourth-order valence-electron chi connectivity index (χ4n) is 1.57. The molecule has 0 fully saturated rings. The number of hydrogen-bond donors (Lipinski definition) is 2. The van der Waals surface area contributed by atoms with Crippen LogP contribution in [0.3, 0.4) is 0 Å². The van der Waals surface area contributed by atoms with E-state index in [1.807, 2.05) is 0 Å². The summed E-state index contributed by atoms with van der Waals surface area (Å²) in [6, 6.07) is 10.0. The van der Waals surface area contributed by atoms with Gasteiger partial charge in [-0.3, -0.25) is 4.79 Å². The lowest BCUT2D eigenvalue weighted by atomic mass is 10.1. The average Bonchev–Trinajstić information content (AvgIpc) is 2.39. The van der Waals surface area contributed by atoms with Gasteiger partial charge in [-0.15, -0.1) is 0 Å². The van der Waals surface area contributed by atoms with E-state index in [4.69, 9.17) is 16.7 Å². The maximum absolute atomic E-state index is 12.8. The molecular formula is C15H13F2N3O. The predicted octanol–water partition coefficient (Wildman–Crippen LogP) is 2.89. The summed E-state index contributed by atoms with van der Waals surface area (Å²) in [5, 5.41) is 8.33. The molecule has 0 aromatic heterocycles. The first-order valence-electron chi connectivity index (χ1n) is 5.87. The molecule has 0 aliphatic rings. The highest BCUT2D eigenvalue weighted by atomic mass is 19.1. The Morgan fingerprint density at radius 1 is 1.05 bits per heavy atom. The normalized spacial score (nSPS) is 9.24. The standard InChI is InChI=1S/C8H8FNO.C7H5FN2/c1-5(11)8-6(9)3-2-4-7(8)10;8-6-2-1-3-7(10)5(6)4-9/h2-4H,10H2,1H3;1-3H,10H2. The van der Waals surface area contributed by atoms with Crippen LogP contribution in [0.1, 0.15) is 22.8 Å². The molecule has 0 heterocycles. The summed E-state index contributed by atoms with van der Waals surface area (Å²) in [4.78, 5) is 10.8. The van der Waals surface area contributed by atoms with Crippen LogP contribution in [0, 0.1) is 23.0 Å². The quantitative estimate of drug-likeness (QED) is 0.623. The fourth-order valence-corrected chi connectivity index (χ4v) is 1.57. The van der Waals surface area contributed by atoms with Crippen molar-refractivity contribution in [2.75, 3.05) is 11.5 Å². The summed E-state index contributed by atoms with van der Waals surface area (Å²) in [5.74, 6) is -1.47. The summed E-state index contributed by atoms with van der Waals surface area (Å²) < 4.78 is 25.3. The Kier molecular flexibility index (Phi) is 5.38. The number of halogens is 2. The number of benzene rings is 2. The zero-order chi connectivity index (χ0) is 16.0. The topological polar surface area (TPSA) is 92.9 Å². The Labute approximate surface area is 120 Å². The van der Waals surface area contributed by atoms with Crippen molar-refractivity contribution >= 4 is 17.2 Å². The Balaban J connectivity index is 0.000000211. The second kappa shape index (κ2) is 7.01. The lowest BCUT2D eigenvalue weighted by Gasteiger charge is -2.00. The first-order chi connectivity index (χ1) is 9.88. The third-order valence-corrected chi connectivity index (χ3v) is 2.56. The molecule has 4 nitrogen and oxygen atoms in total. The van der Waals surface area contributed by atoms with E-state index in [9.17, 15) is 13.6 Å². The number of Topliss-reactive ketones (excluding diaryl/α,β-unsaturated/α-hetero) is 1. The first-order valence-corrected chi connectivity index (χ1v) is 5.87. The molecule has 2 aromatic carbocycles. The molecule has 4 N–H and O–H groups in total. The number of nitriles is 1. The first kappa shape index (κ1) is 16.1. The Bertz CT molecular complexity index is 668. The van der Waals surface area contributed by atoms with E-state index in [0.29, 0.717) is 0 Å². The molecule has 0 atom stereocenters. The minimum absolute atomic E-state index is 0.0208. The molecule has 2 aromatic rings. The minimum Gasteiger partial charge on any atom is -0.398 e. The lowest BCUT2D eigenvalue weighted by molar-refractivity contribution is 0.101. The molecular weight excluding hydrogens is 276 g/mol. The molecule has 0 radical (unpaired) electrons. The van der Waals surface area contributed by atoms with Crippen molar-refractivity contribution in [2.45, 2.75) is 6.92 Å². The highest BCUT2D eigenvalue weighted by Gasteiger charge is 2.09. The number of nitrogens with zero attached hydrogens (tertiary/aromatic N) is 1. The predicted molar refractivity (Wildman–Crippen MR) is 76.3 cm³/mol. The third-order valence-electron chi connectivity index (χ3n) is 2.56. The highest BCUT2D eigenvalue weighted by molar-refractivity contribution is 5.99. The van der Waals surface area contributed by atoms with Crippen LogP contribution < -0.4 is 11.5 Å². The van der Waals surface area contributed by atoms with E-state index in [-0.39, 0.29) is 28.3 Å². The Morgan fingerprint density at radius 2 is 1.57 bits per heavy atom. The van der Waals surface area contributed by atoms with Crippen LogP contribution in [0.15, 0.2) is 36.4 Å². The Morgan fingerprint density at radius 3 is 1.90 bits per heavy atom. The van der Waals surface area contributed by atoms with Crippen LogP contribution in [0.4, 0.5) is 20.2 Å². The van der Waals surface area contributed by atoms with Crippen LogP contribution in [-0.4, -0.2) is 5.78 Å². The van der Waals surface area contributed by atoms with E-state index in [1.165, 1.54) is 43.3 Å². The van der Waals surface area contributed by atoms with E-state index in [0.717, 1.165) is 0 Å². The number of carbonyl (C=O) groups excluding carboxylic acids is 1. The molecule has 0 aliphatic heterocycles. The van der Waals surface area contributed by atoms with Crippen molar-refractivity contribution in [1.82, 2.24) is 0 Å². The van der Waals surface area contributed by atoms with Crippen molar-refractivity contribution < 1.29 is 13.6 Å². The van der Waals surface area contributed by atoms with Gasteiger partial charge in [0.2, 0.25) is 0 Å². The molecule has 0 unspecified atom stereocenters. The minimum atomic E-state index is -0.567. The van der Waals surface area contributed by atoms with Crippen molar-refractivity contribution in [1.29, 1.82) is 5.26 Å². The van der Waals surface area contributed by atoms with E-state index in [2.05, 4.69) is 0 Å². The largest absolute Gasteiger partial charge is 0.398 e. The maximum Gasteiger partial charge on any atom is 0.164 e. The van der Waals surface area contributed by atoms with Crippen LogP contribution in [0.2, 0.25) is 0 Å². The number of nitrogen functional groups attached to an aromatic ring is 2. The summed E-state index contributed by atoms with van der Waals surface area (Å²) >= 11 is 0. The molecule has 0 spiro atoms. The summed E-state index contributed by atoms with van der Waals surface area (Å²) in [5.41, 5.74) is 10.9. The van der Waals surface area contributed by atoms with Crippen LogP contribution in [0.25, 0.3) is 0 Å². The van der Waals surface area contributed by atoms with E-state index >= 15 is 0 Å². The SMILES string of the molecule is CC(=O)c1c(N)cccc1F.N#Cc1c(N)cccc1F. The molecule has 0 aliphatic carbocycles. The van der Waals surface area contributed by atoms with Crippen LogP contribution in [-0.2, 0) is 0 Å². The molecule has 6 heteroatoms. The molecule has 0 saturated heterocycles. The number of ketones is 1. The van der Waals surface area contributed by atoms with Gasteiger partial charge in [0.05, 0.1) is 11.3 Å². The van der Waals surface area contributed by atoms with Gasteiger partial charge < -0.3 is 11.5 Å². The number of rotatable bonds is 1. The molecule has 21 heavy (non-hydrogen) atoms. The van der Waals surface area contributed by atoms with Crippen molar-refractivity contribution in [3.63, 3.8) is 0 Å². The van der Waals surface area contributed by atoms with Crippen molar-refractivity contribution in [3.8, 4) is 6.07 Å². The van der Waals surface area contributed by atoms with Gasteiger partial charge in [-0.05, 0) is 31.2 Å².